The van der Waals surface area contributed by atoms with Crippen LogP contribution in [-0.2, 0) is 17.8 Å². The summed E-state index contributed by atoms with van der Waals surface area (Å²) < 4.78 is 10.9. The average molecular weight is 446 g/mol. The van der Waals surface area contributed by atoms with Crippen molar-refractivity contribution in [3.05, 3.63) is 78.1 Å². The second-order valence-electron chi connectivity index (χ2n) is 8.61. The van der Waals surface area contributed by atoms with Gasteiger partial charge in [-0.3, -0.25) is 14.7 Å². The number of carbonyl (C=O) groups is 1. The van der Waals surface area contributed by atoms with Gasteiger partial charge in [0.25, 0.3) is 0 Å². The fourth-order valence-electron chi connectivity index (χ4n) is 4.76. The van der Waals surface area contributed by atoms with Gasteiger partial charge in [-0.2, -0.15) is 0 Å². The third-order valence-corrected chi connectivity index (χ3v) is 6.53. The molecule has 1 unspecified atom stereocenters. The lowest BCUT2D eigenvalue weighted by molar-refractivity contribution is -0.130. The topological polar surface area (TPSA) is 63.7 Å². The maximum Gasteiger partial charge on any atom is 0.227 e. The smallest absolute Gasteiger partial charge is 0.227 e. The van der Waals surface area contributed by atoms with Gasteiger partial charge in [0.15, 0.2) is 0 Å². The number of hydrogen-bond acceptors (Lipinski definition) is 5. The van der Waals surface area contributed by atoms with Gasteiger partial charge in [-0.05, 0) is 66.4 Å². The van der Waals surface area contributed by atoms with Gasteiger partial charge in [0.05, 0.1) is 19.6 Å². The van der Waals surface area contributed by atoms with Gasteiger partial charge in [0, 0.05) is 38.1 Å². The molecule has 2 heterocycles. The first-order valence-corrected chi connectivity index (χ1v) is 11.2. The molecule has 172 valence electrons. The van der Waals surface area contributed by atoms with Crippen molar-refractivity contribution in [1.29, 1.82) is 0 Å². The lowest BCUT2D eigenvalue weighted by atomic mass is 9.79. The predicted octanol–water partition coefficient (Wildman–Crippen LogP) is 3.95. The minimum atomic E-state index is -0.459. The summed E-state index contributed by atoms with van der Waals surface area (Å²) >= 11 is 0. The van der Waals surface area contributed by atoms with Crippen molar-refractivity contribution < 1.29 is 14.3 Å². The van der Waals surface area contributed by atoms with Crippen LogP contribution >= 0.6 is 0 Å². The number of pyridine rings is 1. The number of methoxy groups -OCH3 is 2. The number of hydrogen-bond donors (Lipinski definition) is 1. The standard InChI is InChI=1S/C27H31N3O3/c1-28-26(31)27(17-20-4-6-21(7-5-20)22-10-13-29-14-11-22)12-15-30(19-27)18-23-16-24(32-2)8-9-25(23)33-3/h4-11,13-14,16H,12,15,17-19H2,1-3H3,(H,28,31). The highest BCUT2D eigenvalue weighted by atomic mass is 16.5. The van der Waals surface area contributed by atoms with Gasteiger partial charge < -0.3 is 14.8 Å². The zero-order valence-corrected chi connectivity index (χ0v) is 19.5. The van der Waals surface area contributed by atoms with Crippen LogP contribution in [0.25, 0.3) is 11.1 Å². The summed E-state index contributed by atoms with van der Waals surface area (Å²) in [5.74, 6) is 1.73. The van der Waals surface area contributed by atoms with Crippen LogP contribution in [0.5, 0.6) is 11.5 Å². The Labute approximate surface area is 195 Å². The van der Waals surface area contributed by atoms with E-state index in [0.29, 0.717) is 19.5 Å². The number of benzene rings is 2. The molecule has 1 atom stereocenters. The summed E-state index contributed by atoms with van der Waals surface area (Å²) in [6.45, 7) is 2.25. The fourth-order valence-corrected chi connectivity index (χ4v) is 4.76. The summed E-state index contributed by atoms with van der Waals surface area (Å²) in [7, 11) is 5.07. The SMILES string of the molecule is CNC(=O)C1(Cc2ccc(-c3ccncc3)cc2)CCN(Cc2cc(OC)ccc2OC)C1. The van der Waals surface area contributed by atoms with Crippen LogP contribution in [0.4, 0.5) is 0 Å². The number of amides is 1. The Morgan fingerprint density at radius 1 is 1.03 bits per heavy atom. The molecule has 6 nitrogen and oxygen atoms in total. The molecule has 1 aliphatic rings. The van der Waals surface area contributed by atoms with Crippen molar-refractivity contribution in [1.82, 2.24) is 15.2 Å². The van der Waals surface area contributed by atoms with Gasteiger partial charge in [0.1, 0.15) is 11.5 Å². The predicted molar refractivity (Wildman–Crippen MR) is 129 cm³/mol. The Kier molecular flexibility index (Phi) is 6.94. The molecule has 1 fully saturated rings. The van der Waals surface area contributed by atoms with Gasteiger partial charge in [-0.1, -0.05) is 24.3 Å². The first kappa shape index (κ1) is 22.8. The Morgan fingerprint density at radius 2 is 1.76 bits per heavy atom. The molecule has 1 saturated heterocycles. The Hall–Kier alpha value is -3.38. The van der Waals surface area contributed by atoms with Gasteiger partial charge in [0.2, 0.25) is 5.91 Å². The molecular formula is C27H31N3O3. The molecule has 1 aromatic heterocycles. The summed E-state index contributed by atoms with van der Waals surface area (Å²) in [5, 5.41) is 2.91. The molecular weight excluding hydrogens is 414 g/mol. The maximum atomic E-state index is 13.1. The molecule has 3 aromatic rings. The molecule has 1 aliphatic heterocycles. The lowest BCUT2D eigenvalue weighted by Crippen LogP contribution is -2.43. The number of nitrogens with one attached hydrogen (secondary N) is 1. The van der Waals surface area contributed by atoms with E-state index < -0.39 is 5.41 Å². The number of nitrogens with zero attached hydrogens (tertiary/aromatic N) is 2. The van der Waals surface area contributed by atoms with E-state index in [9.17, 15) is 4.79 Å². The van der Waals surface area contributed by atoms with Crippen LogP contribution in [-0.4, -0.2) is 50.1 Å². The third-order valence-electron chi connectivity index (χ3n) is 6.53. The van der Waals surface area contributed by atoms with E-state index in [1.54, 1.807) is 33.7 Å². The van der Waals surface area contributed by atoms with Crippen LogP contribution in [0.1, 0.15) is 17.5 Å². The Balaban J connectivity index is 1.51. The van der Waals surface area contributed by atoms with E-state index in [-0.39, 0.29) is 5.91 Å². The first-order chi connectivity index (χ1) is 16.1. The average Bonchev–Trinajstić information content (AvgIpc) is 3.27. The van der Waals surface area contributed by atoms with E-state index in [2.05, 4.69) is 39.5 Å². The van der Waals surface area contributed by atoms with Crippen LogP contribution in [0.2, 0.25) is 0 Å². The quantitative estimate of drug-likeness (QED) is 0.569. The molecule has 0 aliphatic carbocycles. The molecule has 0 spiro atoms. The van der Waals surface area contributed by atoms with Crippen molar-refractivity contribution in [3.8, 4) is 22.6 Å². The monoisotopic (exact) mass is 445 g/mol. The molecule has 0 saturated carbocycles. The zero-order valence-electron chi connectivity index (χ0n) is 19.5. The van der Waals surface area contributed by atoms with Gasteiger partial charge in [-0.15, -0.1) is 0 Å². The Bertz CT molecular complexity index is 1090. The third kappa shape index (κ3) is 5.01. The summed E-state index contributed by atoms with van der Waals surface area (Å²) in [5.41, 5.74) is 4.05. The second-order valence-corrected chi connectivity index (χ2v) is 8.61. The van der Waals surface area contributed by atoms with Crippen molar-refractivity contribution in [2.24, 2.45) is 5.41 Å². The molecule has 1 amide bonds. The number of aromatic nitrogens is 1. The maximum absolute atomic E-state index is 13.1. The van der Waals surface area contributed by atoms with Crippen LogP contribution < -0.4 is 14.8 Å². The fraction of sp³-hybridized carbons (Fsp3) is 0.333. The lowest BCUT2D eigenvalue weighted by Gasteiger charge is -2.28. The summed E-state index contributed by atoms with van der Waals surface area (Å²) in [6.07, 6.45) is 5.11. The molecule has 4 rings (SSSR count). The number of carbonyl (C=O) groups excluding carboxylic acids is 1. The van der Waals surface area contributed by atoms with E-state index in [1.165, 1.54) is 0 Å². The molecule has 33 heavy (non-hydrogen) atoms. The second kappa shape index (κ2) is 10.0. The Morgan fingerprint density at radius 3 is 2.42 bits per heavy atom. The van der Waals surface area contributed by atoms with E-state index >= 15 is 0 Å². The normalized spacial score (nSPS) is 18.2. The van der Waals surface area contributed by atoms with Gasteiger partial charge in [-0.25, -0.2) is 0 Å². The molecule has 6 heteroatoms. The van der Waals surface area contributed by atoms with Crippen LogP contribution in [0.15, 0.2) is 67.0 Å². The highest BCUT2D eigenvalue weighted by Crippen LogP contribution is 2.37. The van der Waals surface area contributed by atoms with Crippen LogP contribution in [0.3, 0.4) is 0 Å². The van der Waals surface area contributed by atoms with Crippen molar-refractivity contribution >= 4 is 5.91 Å². The first-order valence-electron chi connectivity index (χ1n) is 11.2. The number of rotatable bonds is 8. The molecule has 2 aromatic carbocycles. The van der Waals surface area contributed by atoms with Crippen molar-refractivity contribution in [2.45, 2.75) is 19.4 Å². The largest absolute Gasteiger partial charge is 0.497 e. The summed E-state index contributed by atoms with van der Waals surface area (Å²) in [4.78, 5) is 19.5. The van der Waals surface area contributed by atoms with E-state index in [0.717, 1.165) is 46.7 Å². The minimum absolute atomic E-state index is 0.0980. The molecule has 0 bridgehead atoms. The number of ether oxygens (including phenoxy) is 2. The molecule has 0 radical (unpaired) electrons. The summed E-state index contributed by atoms with van der Waals surface area (Å²) in [6, 6.07) is 18.4. The van der Waals surface area contributed by atoms with Crippen molar-refractivity contribution in [2.75, 3.05) is 34.4 Å². The highest BCUT2D eigenvalue weighted by molar-refractivity contribution is 5.83. The van der Waals surface area contributed by atoms with E-state index in [1.807, 2.05) is 30.3 Å². The minimum Gasteiger partial charge on any atom is -0.497 e. The number of likely N-dealkylation sites (tertiary alicyclic amines) is 1. The highest BCUT2D eigenvalue weighted by Gasteiger charge is 2.44. The zero-order chi connectivity index (χ0) is 23.3. The van der Waals surface area contributed by atoms with Crippen molar-refractivity contribution in [3.63, 3.8) is 0 Å². The van der Waals surface area contributed by atoms with Gasteiger partial charge >= 0.3 is 0 Å². The van der Waals surface area contributed by atoms with E-state index in [4.69, 9.17) is 9.47 Å². The van der Waals surface area contributed by atoms with Crippen LogP contribution in [0, 0.1) is 5.41 Å². The molecule has 1 N–H and O–H groups in total.